The van der Waals surface area contributed by atoms with Crippen molar-refractivity contribution in [2.75, 3.05) is 0 Å². The number of hydrogen-bond donors (Lipinski definition) is 1. The third-order valence-electron chi connectivity index (χ3n) is 0.941. The fraction of sp³-hybridized carbons (Fsp3) is 0.143. The zero-order valence-electron chi connectivity index (χ0n) is 5.41. The molecule has 0 aliphatic rings. The first kappa shape index (κ1) is 8.78. The Morgan fingerprint density at radius 3 is 1.70 bits per heavy atom. The van der Waals surface area contributed by atoms with E-state index in [0.29, 0.717) is 0 Å². The average molecular weight is 140 g/mol. The van der Waals surface area contributed by atoms with Crippen LogP contribution in [0, 0.1) is 0 Å². The van der Waals surface area contributed by atoms with E-state index in [4.69, 9.17) is 5.11 Å². The first-order valence-corrected chi connectivity index (χ1v) is 2.64. The summed E-state index contributed by atoms with van der Waals surface area (Å²) in [6, 6.07) is 0. The molecule has 0 aliphatic carbocycles. The van der Waals surface area contributed by atoms with Crippen LogP contribution < -0.4 is 0 Å². The molecule has 0 saturated heterocycles. The van der Waals surface area contributed by atoms with Crippen molar-refractivity contribution in [1.29, 1.82) is 0 Å². The normalized spacial score (nSPS) is 9.00. The Kier molecular flexibility index (Phi) is 3.28. The molecule has 10 heavy (non-hydrogen) atoms. The van der Waals surface area contributed by atoms with Crippen LogP contribution in [0.15, 0.2) is 25.3 Å². The summed E-state index contributed by atoms with van der Waals surface area (Å²) < 4.78 is 0. The van der Waals surface area contributed by atoms with Gasteiger partial charge in [-0.3, -0.25) is 9.59 Å². The summed E-state index contributed by atoms with van der Waals surface area (Å²) in [5, 5.41) is 8.74. The highest BCUT2D eigenvalue weighted by Gasteiger charge is 2.17. The van der Waals surface area contributed by atoms with Gasteiger partial charge in [-0.05, 0) is 12.2 Å². The van der Waals surface area contributed by atoms with E-state index in [-0.39, 0.29) is 0 Å². The second kappa shape index (κ2) is 3.74. The zero-order chi connectivity index (χ0) is 8.15. The van der Waals surface area contributed by atoms with Crippen molar-refractivity contribution >= 4 is 11.6 Å². The highest BCUT2D eigenvalue weighted by Crippen LogP contribution is 1.89. The maximum Gasteiger partial charge on any atom is 0.191 e. The number of carbonyl (C=O) groups is 2. The van der Waals surface area contributed by atoms with E-state index in [1.807, 2.05) is 0 Å². The van der Waals surface area contributed by atoms with Crippen LogP contribution in [0.5, 0.6) is 0 Å². The van der Waals surface area contributed by atoms with E-state index >= 15 is 0 Å². The van der Waals surface area contributed by atoms with Crippen molar-refractivity contribution in [1.82, 2.24) is 0 Å². The Bertz CT molecular complexity index is 161. The molecule has 0 atom stereocenters. The molecule has 0 bridgehead atoms. The molecule has 3 nitrogen and oxygen atoms in total. The van der Waals surface area contributed by atoms with Crippen molar-refractivity contribution in [3.05, 3.63) is 25.3 Å². The molecule has 3 heteroatoms. The van der Waals surface area contributed by atoms with Gasteiger partial charge in [0.15, 0.2) is 17.7 Å². The van der Waals surface area contributed by atoms with E-state index < -0.39 is 17.7 Å². The molecule has 0 aromatic heterocycles. The van der Waals surface area contributed by atoms with Crippen LogP contribution in [0.3, 0.4) is 0 Å². The fourth-order valence-electron chi connectivity index (χ4n) is 0.363. The topological polar surface area (TPSA) is 54.4 Å². The average Bonchev–Trinajstić information content (AvgIpc) is 2.00. The SMILES string of the molecule is C=CC(=O)C(O)C(=O)C=C. The Morgan fingerprint density at radius 1 is 1.20 bits per heavy atom. The minimum Gasteiger partial charge on any atom is -0.377 e. The lowest BCUT2D eigenvalue weighted by Gasteiger charge is -1.99. The Hall–Kier alpha value is -1.22. The van der Waals surface area contributed by atoms with E-state index in [1.165, 1.54) is 0 Å². The van der Waals surface area contributed by atoms with Crippen LogP contribution in [-0.2, 0) is 9.59 Å². The number of hydrogen-bond acceptors (Lipinski definition) is 3. The van der Waals surface area contributed by atoms with E-state index in [9.17, 15) is 9.59 Å². The quantitative estimate of drug-likeness (QED) is 0.436. The highest BCUT2D eigenvalue weighted by atomic mass is 16.3. The van der Waals surface area contributed by atoms with Gasteiger partial charge in [0.2, 0.25) is 0 Å². The molecule has 54 valence electrons. The molecule has 0 fully saturated rings. The smallest absolute Gasteiger partial charge is 0.191 e. The van der Waals surface area contributed by atoms with Gasteiger partial charge in [-0.15, -0.1) is 0 Å². The van der Waals surface area contributed by atoms with Crippen molar-refractivity contribution in [3.63, 3.8) is 0 Å². The molecule has 0 aromatic rings. The number of aliphatic hydroxyl groups excluding tert-OH is 1. The van der Waals surface area contributed by atoms with Crippen molar-refractivity contribution in [3.8, 4) is 0 Å². The van der Waals surface area contributed by atoms with Crippen LogP contribution in [-0.4, -0.2) is 22.8 Å². The molecule has 0 unspecified atom stereocenters. The van der Waals surface area contributed by atoms with Crippen molar-refractivity contribution < 1.29 is 14.7 Å². The number of rotatable bonds is 4. The van der Waals surface area contributed by atoms with Gasteiger partial charge in [0, 0.05) is 0 Å². The molecule has 1 N–H and O–H groups in total. The number of carbonyl (C=O) groups excluding carboxylic acids is 2. The first-order chi connectivity index (χ1) is 4.63. The largest absolute Gasteiger partial charge is 0.377 e. The molecule has 0 saturated carbocycles. The maximum absolute atomic E-state index is 10.5. The summed E-state index contributed by atoms with van der Waals surface area (Å²) in [6.07, 6.45) is 0.174. The molecular weight excluding hydrogens is 132 g/mol. The second-order valence-corrected chi connectivity index (χ2v) is 1.62. The second-order valence-electron chi connectivity index (χ2n) is 1.62. The molecule has 0 amide bonds. The van der Waals surface area contributed by atoms with Gasteiger partial charge in [-0.25, -0.2) is 0 Å². The van der Waals surface area contributed by atoms with Gasteiger partial charge in [-0.1, -0.05) is 13.2 Å². The molecule has 0 radical (unpaired) electrons. The minimum atomic E-state index is -1.62. The van der Waals surface area contributed by atoms with Gasteiger partial charge in [0.05, 0.1) is 0 Å². The fourth-order valence-corrected chi connectivity index (χ4v) is 0.363. The van der Waals surface area contributed by atoms with Gasteiger partial charge in [0.25, 0.3) is 0 Å². The van der Waals surface area contributed by atoms with E-state index in [0.717, 1.165) is 12.2 Å². The number of ketones is 2. The predicted octanol–water partition coefficient (Wildman–Crippen LogP) is -0.143. The van der Waals surface area contributed by atoms with Crippen LogP contribution in [0.25, 0.3) is 0 Å². The van der Waals surface area contributed by atoms with E-state index in [2.05, 4.69) is 13.2 Å². The Morgan fingerprint density at radius 2 is 1.50 bits per heavy atom. The third kappa shape index (κ3) is 1.95. The van der Waals surface area contributed by atoms with Gasteiger partial charge in [0.1, 0.15) is 0 Å². The number of aliphatic hydroxyl groups is 1. The van der Waals surface area contributed by atoms with Crippen LogP contribution in [0.2, 0.25) is 0 Å². The molecule has 0 aromatic carbocycles. The monoisotopic (exact) mass is 140 g/mol. The summed E-state index contributed by atoms with van der Waals surface area (Å²) in [7, 11) is 0. The van der Waals surface area contributed by atoms with Crippen molar-refractivity contribution in [2.24, 2.45) is 0 Å². The van der Waals surface area contributed by atoms with Gasteiger partial charge < -0.3 is 5.11 Å². The first-order valence-electron chi connectivity index (χ1n) is 2.64. The van der Waals surface area contributed by atoms with Crippen LogP contribution in [0.1, 0.15) is 0 Å². The lowest BCUT2D eigenvalue weighted by atomic mass is 10.1. The predicted molar refractivity (Wildman–Crippen MR) is 36.4 cm³/mol. The molecule has 0 heterocycles. The zero-order valence-corrected chi connectivity index (χ0v) is 5.41. The summed E-state index contributed by atoms with van der Waals surface area (Å²) in [4.78, 5) is 21.0. The highest BCUT2D eigenvalue weighted by molar-refractivity contribution is 6.13. The Balaban J connectivity index is 4.20. The summed E-state index contributed by atoms with van der Waals surface area (Å²) >= 11 is 0. The molecular formula is C7H8O3. The third-order valence-corrected chi connectivity index (χ3v) is 0.941. The van der Waals surface area contributed by atoms with Gasteiger partial charge in [-0.2, -0.15) is 0 Å². The Labute approximate surface area is 58.7 Å². The summed E-state index contributed by atoms with van der Waals surface area (Å²) in [6.45, 7) is 6.20. The molecule has 0 aliphatic heterocycles. The molecule has 0 spiro atoms. The van der Waals surface area contributed by atoms with Crippen LogP contribution >= 0.6 is 0 Å². The van der Waals surface area contributed by atoms with E-state index in [1.54, 1.807) is 0 Å². The molecule has 0 rings (SSSR count). The summed E-state index contributed by atoms with van der Waals surface area (Å²) in [5.41, 5.74) is 0. The van der Waals surface area contributed by atoms with Crippen molar-refractivity contribution in [2.45, 2.75) is 6.10 Å². The minimum absolute atomic E-state index is 0.704. The summed E-state index contributed by atoms with van der Waals surface area (Å²) in [5.74, 6) is -1.41. The lowest BCUT2D eigenvalue weighted by Crippen LogP contribution is -2.26. The van der Waals surface area contributed by atoms with Crippen LogP contribution in [0.4, 0.5) is 0 Å². The lowest BCUT2D eigenvalue weighted by molar-refractivity contribution is -0.132. The maximum atomic E-state index is 10.5. The standard InChI is InChI=1S/C7H8O3/c1-3-5(8)7(10)6(9)4-2/h3-4,7,10H,1-2H2. The van der Waals surface area contributed by atoms with Gasteiger partial charge >= 0.3 is 0 Å².